The Morgan fingerprint density at radius 3 is 2.59 bits per heavy atom. The first-order valence-corrected chi connectivity index (χ1v) is 5.67. The van der Waals surface area contributed by atoms with Crippen LogP contribution in [0.25, 0.3) is 0 Å². The van der Waals surface area contributed by atoms with Crippen LogP contribution in [-0.2, 0) is 22.6 Å². The third-order valence-electron chi connectivity index (χ3n) is 2.84. The molecule has 0 aromatic carbocycles. The summed E-state index contributed by atoms with van der Waals surface area (Å²) in [5.74, 6) is 0.0142. The zero-order chi connectivity index (χ0) is 13.0. The van der Waals surface area contributed by atoms with Crippen LogP contribution in [0.1, 0.15) is 38.2 Å². The lowest BCUT2D eigenvalue weighted by Gasteiger charge is -2.18. The van der Waals surface area contributed by atoms with E-state index >= 15 is 0 Å². The summed E-state index contributed by atoms with van der Waals surface area (Å²) in [5.41, 5.74) is 6.61. The Hall–Kier alpha value is -1.43. The number of rotatable bonds is 6. The van der Waals surface area contributed by atoms with Crippen LogP contribution in [0.5, 0.6) is 0 Å². The molecule has 17 heavy (non-hydrogen) atoms. The fourth-order valence-electron chi connectivity index (χ4n) is 1.54. The summed E-state index contributed by atoms with van der Waals surface area (Å²) in [7, 11) is 1.60. The molecule has 0 spiro atoms. The third-order valence-corrected chi connectivity index (χ3v) is 2.84. The van der Waals surface area contributed by atoms with E-state index in [1.54, 1.807) is 7.11 Å². The summed E-state index contributed by atoms with van der Waals surface area (Å²) in [4.78, 5) is 10.9. The maximum absolute atomic E-state index is 10.9. The quantitative estimate of drug-likeness (QED) is 0.792. The average molecular weight is 240 g/mol. The fourth-order valence-corrected chi connectivity index (χ4v) is 1.54. The molecule has 0 bridgehead atoms. The molecule has 1 aromatic heterocycles. The van der Waals surface area contributed by atoms with Crippen molar-refractivity contribution in [1.82, 2.24) is 15.0 Å². The molecule has 0 aliphatic heterocycles. The van der Waals surface area contributed by atoms with Crippen molar-refractivity contribution in [3.05, 3.63) is 11.4 Å². The molecule has 1 aromatic rings. The molecular formula is C11H20N4O2. The summed E-state index contributed by atoms with van der Waals surface area (Å²) in [6.45, 7) is 6.66. The zero-order valence-corrected chi connectivity index (χ0v) is 10.8. The van der Waals surface area contributed by atoms with Gasteiger partial charge in [-0.1, -0.05) is 19.1 Å². The smallest absolute Gasteiger partial charge is 0.223 e. The van der Waals surface area contributed by atoms with Crippen molar-refractivity contribution in [2.24, 2.45) is 11.7 Å². The monoisotopic (exact) mass is 240 g/mol. The van der Waals surface area contributed by atoms with E-state index < -0.39 is 5.91 Å². The molecule has 2 N–H and O–H groups in total. The average Bonchev–Trinajstić information content (AvgIpc) is 2.60. The van der Waals surface area contributed by atoms with Crippen molar-refractivity contribution in [2.75, 3.05) is 7.11 Å². The molecule has 0 aliphatic rings. The van der Waals surface area contributed by atoms with Crippen LogP contribution < -0.4 is 5.73 Å². The van der Waals surface area contributed by atoms with Gasteiger partial charge in [0.15, 0.2) is 0 Å². The highest BCUT2D eigenvalue weighted by Crippen LogP contribution is 2.20. The van der Waals surface area contributed by atoms with Gasteiger partial charge in [-0.2, -0.15) is 0 Å². The van der Waals surface area contributed by atoms with E-state index in [1.165, 1.54) is 0 Å². The molecule has 1 unspecified atom stereocenters. The number of nitrogens with two attached hydrogens (primary N) is 1. The number of hydrogen-bond acceptors (Lipinski definition) is 4. The number of methoxy groups -OCH3 is 1. The predicted octanol–water partition coefficient (Wildman–Crippen LogP) is 0.669. The van der Waals surface area contributed by atoms with Crippen LogP contribution in [0.15, 0.2) is 0 Å². The highest BCUT2D eigenvalue weighted by atomic mass is 16.5. The van der Waals surface area contributed by atoms with E-state index in [4.69, 9.17) is 10.5 Å². The second-order valence-electron chi connectivity index (χ2n) is 4.49. The van der Waals surface area contributed by atoms with Gasteiger partial charge in [0.05, 0.1) is 30.5 Å². The highest BCUT2D eigenvalue weighted by Gasteiger charge is 2.20. The third kappa shape index (κ3) is 3.26. The molecule has 6 heteroatoms. The van der Waals surface area contributed by atoms with Gasteiger partial charge in [0.25, 0.3) is 0 Å². The van der Waals surface area contributed by atoms with Gasteiger partial charge in [-0.05, 0) is 12.8 Å². The Labute approximate surface area is 101 Å². The van der Waals surface area contributed by atoms with Crippen LogP contribution in [0.3, 0.4) is 0 Å². The minimum atomic E-state index is -0.411. The molecule has 0 aliphatic carbocycles. The maximum atomic E-state index is 10.9. The SMILES string of the molecule is COCc1c(CC(N)=O)nnn1C(C)C(C)C. The lowest BCUT2D eigenvalue weighted by molar-refractivity contribution is -0.117. The maximum Gasteiger partial charge on any atom is 0.223 e. The Bertz CT molecular complexity index is 387. The standard InChI is InChI=1S/C11H20N4O2/c1-7(2)8(3)15-10(6-17-4)9(13-14-15)5-11(12)16/h7-8H,5-6H2,1-4H3,(H2,12,16). The molecule has 1 heterocycles. The van der Waals surface area contributed by atoms with Gasteiger partial charge in [-0.15, -0.1) is 5.10 Å². The summed E-state index contributed by atoms with van der Waals surface area (Å²) in [5, 5.41) is 8.10. The number of hydrogen-bond donors (Lipinski definition) is 1. The molecule has 0 fully saturated rings. The Kier molecular flexibility index (Phi) is 4.62. The molecule has 1 amide bonds. The van der Waals surface area contributed by atoms with Crippen molar-refractivity contribution in [2.45, 2.75) is 39.8 Å². The summed E-state index contributed by atoms with van der Waals surface area (Å²) in [6, 6.07) is 0.203. The van der Waals surface area contributed by atoms with Crippen LogP contribution in [0.2, 0.25) is 0 Å². The summed E-state index contributed by atoms with van der Waals surface area (Å²) in [6.07, 6.45) is 0.101. The van der Waals surface area contributed by atoms with Crippen LogP contribution in [0, 0.1) is 5.92 Å². The van der Waals surface area contributed by atoms with Crippen LogP contribution in [-0.4, -0.2) is 28.0 Å². The van der Waals surface area contributed by atoms with Gasteiger partial charge in [0.2, 0.25) is 5.91 Å². The lowest BCUT2D eigenvalue weighted by atomic mass is 10.1. The first-order chi connectivity index (χ1) is 7.97. The Morgan fingerprint density at radius 2 is 2.12 bits per heavy atom. The van der Waals surface area contributed by atoms with Gasteiger partial charge in [-0.25, -0.2) is 4.68 Å². The van der Waals surface area contributed by atoms with Crippen molar-refractivity contribution < 1.29 is 9.53 Å². The van der Waals surface area contributed by atoms with Crippen LogP contribution >= 0.6 is 0 Å². The number of amides is 1. The van der Waals surface area contributed by atoms with Gasteiger partial charge in [0, 0.05) is 7.11 Å². The van der Waals surface area contributed by atoms with Crippen molar-refractivity contribution in [3.63, 3.8) is 0 Å². The molecule has 0 saturated carbocycles. The highest BCUT2D eigenvalue weighted by molar-refractivity contribution is 5.76. The number of aromatic nitrogens is 3. The number of primary amides is 1. The van der Waals surface area contributed by atoms with Crippen molar-refractivity contribution in [1.29, 1.82) is 0 Å². The number of carbonyl (C=O) groups excluding carboxylic acids is 1. The van der Waals surface area contributed by atoms with Crippen molar-refractivity contribution >= 4 is 5.91 Å². The zero-order valence-electron chi connectivity index (χ0n) is 10.8. The van der Waals surface area contributed by atoms with E-state index in [0.717, 1.165) is 5.69 Å². The van der Waals surface area contributed by atoms with E-state index in [-0.39, 0.29) is 12.5 Å². The van der Waals surface area contributed by atoms with E-state index in [9.17, 15) is 4.79 Å². The van der Waals surface area contributed by atoms with Crippen LogP contribution in [0.4, 0.5) is 0 Å². The lowest BCUT2D eigenvalue weighted by Crippen LogP contribution is -2.18. The molecule has 1 rings (SSSR count). The van der Waals surface area contributed by atoms with Gasteiger partial charge in [0.1, 0.15) is 0 Å². The Morgan fingerprint density at radius 1 is 1.47 bits per heavy atom. The normalized spacial score (nSPS) is 13.0. The molecule has 0 saturated heterocycles. The minimum Gasteiger partial charge on any atom is -0.378 e. The predicted molar refractivity (Wildman–Crippen MR) is 63.2 cm³/mol. The minimum absolute atomic E-state index is 0.101. The van der Waals surface area contributed by atoms with E-state index in [0.29, 0.717) is 18.2 Å². The molecule has 1 atom stereocenters. The van der Waals surface area contributed by atoms with Gasteiger partial charge < -0.3 is 10.5 Å². The fraction of sp³-hybridized carbons (Fsp3) is 0.727. The molecule has 6 nitrogen and oxygen atoms in total. The largest absolute Gasteiger partial charge is 0.378 e. The summed E-state index contributed by atoms with van der Waals surface area (Å²) >= 11 is 0. The van der Waals surface area contributed by atoms with Crippen molar-refractivity contribution in [3.8, 4) is 0 Å². The Balaban J connectivity index is 3.05. The first kappa shape index (κ1) is 13.6. The van der Waals surface area contributed by atoms with E-state index in [2.05, 4.69) is 31.1 Å². The topological polar surface area (TPSA) is 83.0 Å². The number of ether oxygens (including phenoxy) is 1. The number of carbonyl (C=O) groups is 1. The first-order valence-electron chi connectivity index (χ1n) is 5.67. The molecular weight excluding hydrogens is 220 g/mol. The summed E-state index contributed by atoms with van der Waals surface area (Å²) < 4.78 is 6.94. The second kappa shape index (κ2) is 5.77. The van der Waals surface area contributed by atoms with Gasteiger partial charge >= 0.3 is 0 Å². The number of nitrogens with zero attached hydrogens (tertiary/aromatic N) is 3. The molecule has 96 valence electrons. The van der Waals surface area contributed by atoms with Gasteiger partial charge in [-0.3, -0.25) is 4.79 Å². The molecule has 0 radical (unpaired) electrons. The second-order valence-corrected chi connectivity index (χ2v) is 4.49. The van der Waals surface area contributed by atoms with E-state index in [1.807, 2.05) is 4.68 Å².